The fraction of sp³-hybridized carbons (Fsp3) is 0.273. The van der Waals surface area contributed by atoms with Gasteiger partial charge in [-0.3, -0.25) is 9.59 Å². The molecule has 0 unspecified atom stereocenters. The highest BCUT2D eigenvalue weighted by Crippen LogP contribution is 2.32. The highest BCUT2D eigenvalue weighted by atomic mass is 79.9. The summed E-state index contributed by atoms with van der Waals surface area (Å²) in [5, 5.41) is 0. The van der Waals surface area contributed by atoms with E-state index >= 15 is 0 Å². The van der Waals surface area contributed by atoms with Crippen LogP contribution in [-0.2, 0) is 14.3 Å². The Morgan fingerprint density at radius 1 is 1.13 bits per heavy atom. The predicted octanol–water partition coefficient (Wildman–Crippen LogP) is 2.40. The largest absolute Gasteiger partial charge is 0.393 e. The van der Waals surface area contributed by atoms with Crippen molar-refractivity contribution in [3.05, 3.63) is 34.3 Å². The Kier molecular flexibility index (Phi) is 2.86. The SMILES string of the molecule is O=C1CC(c2ccccc2Br)CC(=O)O1. The van der Waals surface area contributed by atoms with Crippen molar-refractivity contribution in [2.24, 2.45) is 0 Å². The van der Waals surface area contributed by atoms with Gasteiger partial charge in [-0.2, -0.15) is 0 Å². The van der Waals surface area contributed by atoms with E-state index in [1.165, 1.54) is 0 Å². The van der Waals surface area contributed by atoms with Crippen molar-refractivity contribution in [2.75, 3.05) is 0 Å². The van der Waals surface area contributed by atoms with Crippen LogP contribution in [0.4, 0.5) is 0 Å². The molecule has 1 heterocycles. The molecule has 4 heteroatoms. The lowest BCUT2D eigenvalue weighted by molar-refractivity contribution is -0.163. The third kappa shape index (κ3) is 2.26. The van der Waals surface area contributed by atoms with Gasteiger partial charge >= 0.3 is 11.9 Å². The molecule has 0 atom stereocenters. The maximum Gasteiger partial charge on any atom is 0.314 e. The van der Waals surface area contributed by atoms with Crippen LogP contribution in [0.5, 0.6) is 0 Å². The second kappa shape index (κ2) is 4.14. The highest BCUT2D eigenvalue weighted by molar-refractivity contribution is 9.10. The summed E-state index contributed by atoms with van der Waals surface area (Å²) in [7, 11) is 0. The number of carbonyl (C=O) groups is 2. The van der Waals surface area contributed by atoms with Gasteiger partial charge in [0.2, 0.25) is 0 Å². The Hall–Kier alpha value is -1.16. The van der Waals surface area contributed by atoms with Crippen LogP contribution in [0.25, 0.3) is 0 Å². The van der Waals surface area contributed by atoms with E-state index in [1.54, 1.807) is 0 Å². The van der Waals surface area contributed by atoms with Crippen molar-refractivity contribution in [3.8, 4) is 0 Å². The molecule has 1 saturated heterocycles. The van der Waals surface area contributed by atoms with Gasteiger partial charge in [0.05, 0.1) is 12.8 Å². The molecule has 2 rings (SSSR count). The number of cyclic esters (lactones) is 2. The maximum absolute atomic E-state index is 11.1. The fourth-order valence-electron chi connectivity index (χ4n) is 1.71. The smallest absolute Gasteiger partial charge is 0.314 e. The first-order chi connectivity index (χ1) is 7.16. The average molecular weight is 269 g/mol. The van der Waals surface area contributed by atoms with Gasteiger partial charge in [-0.05, 0) is 11.6 Å². The van der Waals surface area contributed by atoms with E-state index in [4.69, 9.17) is 0 Å². The summed E-state index contributed by atoms with van der Waals surface area (Å²) in [4.78, 5) is 22.2. The van der Waals surface area contributed by atoms with E-state index in [2.05, 4.69) is 20.7 Å². The summed E-state index contributed by atoms with van der Waals surface area (Å²) in [6, 6.07) is 7.61. The number of rotatable bonds is 1. The summed E-state index contributed by atoms with van der Waals surface area (Å²) in [5.74, 6) is -0.937. The first-order valence-corrected chi connectivity index (χ1v) is 5.44. The van der Waals surface area contributed by atoms with Gasteiger partial charge in [-0.25, -0.2) is 0 Å². The number of benzene rings is 1. The van der Waals surface area contributed by atoms with E-state index in [-0.39, 0.29) is 18.8 Å². The topological polar surface area (TPSA) is 43.4 Å². The molecule has 0 N–H and O–H groups in total. The standard InChI is InChI=1S/C11H9BrO3/c12-9-4-2-1-3-8(9)7-5-10(13)15-11(14)6-7/h1-4,7H,5-6H2. The van der Waals surface area contributed by atoms with E-state index in [9.17, 15) is 9.59 Å². The Morgan fingerprint density at radius 3 is 2.33 bits per heavy atom. The van der Waals surface area contributed by atoms with E-state index in [1.807, 2.05) is 24.3 Å². The fourth-order valence-corrected chi connectivity index (χ4v) is 2.32. The first kappa shape index (κ1) is 10.4. The average Bonchev–Trinajstić information content (AvgIpc) is 2.16. The summed E-state index contributed by atoms with van der Waals surface area (Å²) < 4.78 is 5.41. The molecule has 0 spiro atoms. The third-order valence-electron chi connectivity index (χ3n) is 2.40. The first-order valence-electron chi connectivity index (χ1n) is 4.65. The summed E-state index contributed by atoms with van der Waals surface area (Å²) >= 11 is 3.41. The number of hydrogen-bond donors (Lipinski definition) is 0. The summed E-state index contributed by atoms with van der Waals surface area (Å²) in [6.45, 7) is 0. The maximum atomic E-state index is 11.1. The molecule has 0 radical (unpaired) electrons. The van der Waals surface area contributed by atoms with Crippen molar-refractivity contribution < 1.29 is 14.3 Å². The van der Waals surface area contributed by atoms with Crippen molar-refractivity contribution in [2.45, 2.75) is 18.8 Å². The molecule has 1 aromatic rings. The number of esters is 2. The third-order valence-corrected chi connectivity index (χ3v) is 3.12. The molecule has 15 heavy (non-hydrogen) atoms. The Bertz CT molecular complexity index is 398. The van der Waals surface area contributed by atoms with Gasteiger partial charge < -0.3 is 4.74 Å². The molecule has 0 amide bonds. The minimum absolute atomic E-state index is 0.0608. The zero-order valence-corrected chi connectivity index (χ0v) is 9.49. The lowest BCUT2D eigenvalue weighted by atomic mass is 9.91. The number of halogens is 1. The Morgan fingerprint density at radius 2 is 1.73 bits per heavy atom. The zero-order valence-electron chi connectivity index (χ0n) is 7.90. The van der Waals surface area contributed by atoms with Crippen LogP contribution in [-0.4, -0.2) is 11.9 Å². The minimum Gasteiger partial charge on any atom is -0.393 e. The normalized spacial score (nSPS) is 17.7. The van der Waals surface area contributed by atoms with E-state index in [0.717, 1.165) is 10.0 Å². The summed E-state index contributed by atoms with van der Waals surface area (Å²) in [6.07, 6.45) is 0.544. The lowest BCUT2D eigenvalue weighted by Crippen LogP contribution is -2.24. The second-order valence-corrected chi connectivity index (χ2v) is 4.33. The van der Waals surface area contributed by atoms with Crippen molar-refractivity contribution >= 4 is 27.9 Å². The number of carbonyl (C=O) groups excluding carboxylic acids is 2. The lowest BCUT2D eigenvalue weighted by Gasteiger charge is -2.20. The molecular weight excluding hydrogens is 260 g/mol. The van der Waals surface area contributed by atoms with Gasteiger partial charge in [0.25, 0.3) is 0 Å². The minimum atomic E-state index is -0.438. The van der Waals surface area contributed by atoms with E-state index < -0.39 is 11.9 Å². The Balaban J connectivity index is 2.27. The van der Waals surface area contributed by atoms with Crippen LogP contribution in [0.3, 0.4) is 0 Å². The van der Waals surface area contributed by atoms with Crippen LogP contribution in [0.15, 0.2) is 28.7 Å². The number of hydrogen-bond acceptors (Lipinski definition) is 3. The molecule has 3 nitrogen and oxygen atoms in total. The van der Waals surface area contributed by atoms with Crippen molar-refractivity contribution in [1.82, 2.24) is 0 Å². The molecule has 0 saturated carbocycles. The molecule has 0 aliphatic carbocycles. The van der Waals surface area contributed by atoms with Crippen molar-refractivity contribution in [3.63, 3.8) is 0 Å². The number of ether oxygens (including phenoxy) is 1. The molecule has 78 valence electrons. The zero-order chi connectivity index (χ0) is 10.8. The highest BCUT2D eigenvalue weighted by Gasteiger charge is 2.29. The molecule has 0 aromatic heterocycles. The summed E-state index contributed by atoms with van der Waals surface area (Å²) in [5.41, 5.74) is 0.988. The van der Waals surface area contributed by atoms with Gasteiger partial charge in [-0.15, -0.1) is 0 Å². The molecular formula is C11H9BrO3. The molecule has 1 aliphatic heterocycles. The van der Waals surface area contributed by atoms with Crippen molar-refractivity contribution in [1.29, 1.82) is 0 Å². The quantitative estimate of drug-likeness (QED) is 0.580. The van der Waals surface area contributed by atoms with Crippen LogP contribution in [0.1, 0.15) is 24.3 Å². The predicted molar refractivity (Wildman–Crippen MR) is 57.2 cm³/mol. The van der Waals surface area contributed by atoms with Gasteiger partial charge in [0, 0.05) is 10.4 Å². The van der Waals surface area contributed by atoms with Gasteiger partial charge in [-0.1, -0.05) is 34.1 Å². The molecule has 1 fully saturated rings. The van der Waals surface area contributed by atoms with Crippen LogP contribution >= 0.6 is 15.9 Å². The molecule has 1 aromatic carbocycles. The van der Waals surface area contributed by atoms with Crippen LogP contribution in [0.2, 0.25) is 0 Å². The van der Waals surface area contributed by atoms with Crippen LogP contribution < -0.4 is 0 Å². The molecule has 1 aliphatic rings. The monoisotopic (exact) mass is 268 g/mol. The van der Waals surface area contributed by atoms with Crippen LogP contribution in [0, 0.1) is 0 Å². The van der Waals surface area contributed by atoms with Gasteiger partial charge in [0.1, 0.15) is 0 Å². The molecule has 0 bridgehead atoms. The van der Waals surface area contributed by atoms with Gasteiger partial charge in [0.15, 0.2) is 0 Å². The Labute approximate surface area is 95.6 Å². The van der Waals surface area contributed by atoms with E-state index in [0.29, 0.717) is 0 Å². The second-order valence-electron chi connectivity index (χ2n) is 3.47.